The third-order valence-corrected chi connectivity index (χ3v) is 4.23. The van der Waals surface area contributed by atoms with Gasteiger partial charge in [-0.2, -0.15) is 0 Å². The molecule has 2 aromatic carbocycles. The molecular formula is C16H16BrFO2. The molecule has 0 N–H and O–H groups in total. The van der Waals surface area contributed by atoms with Crippen molar-refractivity contribution in [3.05, 3.63) is 58.9 Å². The van der Waals surface area contributed by atoms with Gasteiger partial charge in [-0.25, -0.2) is 4.39 Å². The Morgan fingerprint density at radius 2 is 1.55 bits per heavy atom. The fraction of sp³-hybridized carbons (Fsp3) is 0.250. The zero-order chi connectivity index (χ0) is 14.7. The summed E-state index contributed by atoms with van der Waals surface area (Å²) in [6, 6.07) is 10.3. The molecule has 0 aliphatic rings. The Bertz CT molecular complexity index is 596. The molecule has 0 aliphatic heterocycles. The fourth-order valence-corrected chi connectivity index (χ4v) is 2.88. The molecule has 0 aromatic heterocycles. The predicted molar refractivity (Wildman–Crippen MR) is 81.5 cm³/mol. The van der Waals surface area contributed by atoms with E-state index in [0.29, 0.717) is 11.5 Å². The Hall–Kier alpha value is -1.55. The van der Waals surface area contributed by atoms with E-state index in [0.717, 1.165) is 16.7 Å². The molecule has 0 fully saturated rings. The van der Waals surface area contributed by atoms with Crippen molar-refractivity contribution < 1.29 is 13.9 Å². The van der Waals surface area contributed by atoms with Crippen LogP contribution in [0.1, 0.15) is 21.5 Å². The van der Waals surface area contributed by atoms with Gasteiger partial charge in [-0.3, -0.25) is 0 Å². The quantitative estimate of drug-likeness (QED) is 0.756. The van der Waals surface area contributed by atoms with Crippen molar-refractivity contribution in [1.29, 1.82) is 0 Å². The molecule has 0 heterocycles. The van der Waals surface area contributed by atoms with Crippen molar-refractivity contribution in [2.45, 2.75) is 11.8 Å². The van der Waals surface area contributed by atoms with Gasteiger partial charge in [0.1, 0.15) is 5.82 Å². The van der Waals surface area contributed by atoms with E-state index < -0.39 is 0 Å². The summed E-state index contributed by atoms with van der Waals surface area (Å²) in [7, 11) is 3.22. The van der Waals surface area contributed by atoms with Crippen LogP contribution in [0.4, 0.5) is 4.39 Å². The fourth-order valence-electron chi connectivity index (χ4n) is 2.08. The Labute approximate surface area is 126 Å². The Morgan fingerprint density at radius 1 is 1.00 bits per heavy atom. The molecule has 20 heavy (non-hydrogen) atoms. The van der Waals surface area contributed by atoms with Crippen LogP contribution in [-0.4, -0.2) is 14.2 Å². The van der Waals surface area contributed by atoms with Gasteiger partial charge in [0.2, 0.25) is 0 Å². The molecule has 1 unspecified atom stereocenters. The lowest BCUT2D eigenvalue weighted by Gasteiger charge is -2.17. The molecule has 4 heteroatoms. The van der Waals surface area contributed by atoms with Gasteiger partial charge in [-0.1, -0.05) is 28.1 Å². The number of hydrogen-bond acceptors (Lipinski definition) is 2. The Kier molecular flexibility index (Phi) is 4.65. The number of halogens is 2. The summed E-state index contributed by atoms with van der Waals surface area (Å²) in [5.41, 5.74) is 3.13. The van der Waals surface area contributed by atoms with Gasteiger partial charge in [-0.15, -0.1) is 0 Å². The molecule has 0 spiro atoms. The lowest BCUT2D eigenvalue weighted by Crippen LogP contribution is -1.99. The normalized spacial score (nSPS) is 12.1. The van der Waals surface area contributed by atoms with Crippen LogP contribution >= 0.6 is 15.9 Å². The standard InChI is InChI=1S/C16H16BrFO2/c1-10-8-14(19-2)15(20-3)9-13(10)16(17)11-4-6-12(18)7-5-11/h4-9,16H,1-3H3. The van der Waals surface area contributed by atoms with E-state index in [2.05, 4.69) is 15.9 Å². The Balaban J connectivity index is 2.43. The second-order valence-electron chi connectivity index (χ2n) is 4.48. The first kappa shape index (κ1) is 14.9. The lowest BCUT2D eigenvalue weighted by molar-refractivity contribution is 0.354. The van der Waals surface area contributed by atoms with Crippen LogP contribution < -0.4 is 9.47 Å². The maximum atomic E-state index is 13.0. The summed E-state index contributed by atoms with van der Waals surface area (Å²) < 4.78 is 23.6. The number of rotatable bonds is 4. The summed E-state index contributed by atoms with van der Waals surface area (Å²) in [4.78, 5) is -0.0251. The average Bonchev–Trinajstić information content (AvgIpc) is 2.47. The Morgan fingerprint density at radius 3 is 2.10 bits per heavy atom. The number of aryl methyl sites for hydroxylation is 1. The first-order chi connectivity index (χ1) is 9.56. The minimum Gasteiger partial charge on any atom is -0.493 e. The van der Waals surface area contributed by atoms with E-state index in [1.165, 1.54) is 12.1 Å². The topological polar surface area (TPSA) is 18.5 Å². The molecule has 1 atom stereocenters. The molecule has 0 radical (unpaired) electrons. The minimum absolute atomic E-state index is 0.0251. The number of ether oxygens (including phenoxy) is 2. The highest BCUT2D eigenvalue weighted by atomic mass is 79.9. The minimum atomic E-state index is -0.238. The highest BCUT2D eigenvalue weighted by molar-refractivity contribution is 9.09. The van der Waals surface area contributed by atoms with Crippen molar-refractivity contribution in [2.75, 3.05) is 14.2 Å². The number of hydrogen-bond donors (Lipinski definition) is 0. The van der Waals surface area contributed by atoms with E-state index in [1.54, 1.807) is 26.4 Å². The third-order valence-electron chi connectivity index (χ3n) is 3.21. The SMILES string of the molecule is COc1cc(C)c(C(Br)c2ccc(F)cc2)cc1OC. The largest absolute Gasteiger partial charge is 0.493 e. The second kappa shape index (κ2) is 6.27. The van der Waals surface area contributed by atoms with Gasteiger partial charge in [0, 0.05) is 0 Å². The molecule has 0 saturated heterocycles. The first-order valence-corrected chi connectivity index (χ1v) is 7.10. The van der Waals surface area contributed by atoms with Gasteiger partial charge < -0.3 is 9.47 Å². The van der Waals surface area contributed by atoms with Crippen molar-refractivity contribution >= 4 is 15.9 Å². The summed E-state index contributed by atoms with van der Waals surface area (Å²) in [6.45, 7) is 2.01. The van der Waals surface area contributed by atoms with Crippen LogP contribution in [-0.2, 0) is 0 Å². The second-order valence-corrected chi connectivity index (χ2v) is 5.39. The van der Waals surface area contributed by atoms with Crippen molar-refractivity contribution in [1.82, 2.24) is 0 Å². The molecule has 0 amide bonds. The van der Waals surface area contributed by atoms with Gasteiger partial charge >= 0.3 is 0 Å². The highest BCUT2D eigenvalue weighted by Gasteiger charge is 2.16. The molecule has 2 aromatic rings. The monoisotopic (exact) mass is 338 g/mol. The molecule has 106 valence electrons. The number of alkyl halides is 1. The van der Waals surface area contributed by atoms with Crippen LogP contribution in [0.3, 0.4) is 0 Å². The van der Waals surface area contributed by atoms with Crippen LogP contribution in [0.15, 0.2) is 36.4 Å². The highest BCUT2D eigenvalue weighted by Crippen LogP contribution is 2.38. The molecule has 0 aliphatic carbocycles. The molecule has 2 rings (SSSR count). The first-order valence-electron chi connectivity index (χ1n) is 6.19. The molecular weight excluding hydrogens is 323 g/mol. The van der Waals surface area contributed by atoms with Gasteiger partial charge in [0.25, 0.3) is 0 Å². The molecule has 0 saturated carbocycles. The summed E-state index contributed by atoms with van der Waals surface area (Å²) in [6.07, 6.45) is 0. The maximum absolute atomic E-state index is 13.0. The van der Waals surface area contributed by atoms with Crippen LogP contribution in [0.25, 0.3) is 0 Å². The third kappa shape index (κ3) is 2.96. The van der Waals surface area contributed by atoms with Crippen LogP contribution in [0.5, 0.6) is 11.5 Å². The zero-order valence-corrected chi connectivity index (χ0v) is 13.2. The van der Waals surface area contributed by atoms with Crippen molar-refractivity contribution in [3.8, 4) is 11.5 Å². The smallest absolute Gasteiger partial charge is 0.161 e. The van der Waals surface area contributed by atoms with E-state index in [1.807, 2.05) is 19.1 Å². The van der Waals surface area contributed by atoms with Crippen molar-refractivity contribution in [2.24, 2.45) is 0 Å². The maximum Gasteiger partial charge on any atom is 0.161 e. The number of methoxy groups -OCH3 is 2. The molecule has 0 bridgehead atoms. The van der Waals surface area contributed by atoms with E-state index in [9.17, 15) is 4.39 Å². The van der Waals surface area contributed by atoms with E-state index in [4.69, 9.17) is 9.47 Å². The molecule has 2 nitrogen and oxygen atoms in total. The average molecular weight is 339 g/mol. The van der Waals surface area contributed by atoms with Crippen LogP contribution in [0, 0.1) is 12.7 Å². The summed E-state index contributed by atoms with van der Waals surface area (Å²) in [5, 5.41) is 0. The van der Waals surface area contributed by atoms with E-state index in [-0.39, 0.29) is 10.6 Å². The summed E-state index contributed by atoms with van der Waals surface area (Å²) in [5.74, 6) is 1.14. The predicted octanol–water partition coefficient (Wildman–Crippen LogP) is 4.64. The lowest BCUT2D eigenvalue weighted by atomic mass is 9.99. The van der Waals surface area contributed by atoms with Gasteiger partial charge in [-0.05, 0) is 47.9 Å². The zero-order valence-electron chi connectivity index (χ0n) is 11.6. The van der Waals surface area contributed by atoms with Crippen LogP contribution in [0.2, 0.25) is 0 Å². The van der Waals surface area contributed by atoms with Gasteiger partial charge in [0.05, 0.1) is 19.0 Å². The van der Waals surface area contributed by atoms with Crippen molar-refractivity contribution in [3.63, 3.8) is 0 Å². The van der Waals surface area contributed by atoms with Gasteiger partial charge in [0.15, 0.2) is 11.5 Å². The van der Waals surface area contributed by atoms with E-state index >= 15 is 0 Å². The summed E-state index contributed by atoms with van der Waals surface area (Å²) >= 11 is 3.66. The number of benzene rings is 2.